The summed E-state index contributed by atoms with van der Waals surface area (Å²) in [6.45, 7) is 2.08. The fraction of sp³-hybridized carbons (Fsp3) is 0.375. The predicted molar refractivity (Wildman–Crippen MR) is 55.2 cm³/mol. The van der Waals surface area contributed by atoms with Crippen molar-refractivity contribution in [2.75, 3.05) is 5.32 Å². The largest absolute Gasteiger partial charge is 0.366 e. The standard InChI is InChI=1S/C8H11N5S/c1-6(7-3-4-10-13(7)2)11-8-5-9-12-14-8/h3-6,11H,1-2H3. The Morgan fingerprint density at radius 2 is 2.43 bits per heavy atom. The second-order valence-corrected chi connectivity index (χ2v) is 3.81. The van der Waals surface area contributed by atoms with Crippen LogP contribution in [0.25, 0.3) is 0 Å². The highest BCUT2D eigenvalue weighted by Crippen LogP contribution is 2.19. The Morgan fingerprint density at radius 1 is 1.57 bits per heavy atom. The quantitative estimate of drug-likeness (QED) is 0.831. The van der Waals surface area contributed by atoms with Crippen LogP contribution in [-0.4, -0.2) is 19.4 Å². The minimum Gasteiger partial charge on any atom is -0.366 e. The smallest absolute Gasteiger partial charge is 0.130 e. The van der Waals surface area contributed by atoms with Gasteiger partial charge in [0.05, 0.1) is 17.9 Å². The van der Waals surface area contributed by atoms with Crippen LogP contribution in [0.5, 0.6) is 0 Å². The fourth-order valence-corrected chi connectivity index (χ4v) is 1.83. The first-order chi connectivity index (χ1) is 6.77. The number of hydrogen-bond donors (Lipinski definition) is 1. The molecule has 0 aliphatic carbocycles. The van der Waals surface area contributed by atoms with E-state index in [1.54, 1.807) is 12.4 Å². The lowest BCUT2D eigenvalue weighted by Gasteiger charge is -2.12. The monoisotopic (exact) mass is 209 g/mol. The van der Waals surface area contributed by atoms with Crippen molar-refractivity contribution in [1.82, 2.24) is 19.4 Å². The molecule has 0 radical (unpaired) electrons. The van der Waals surface area contributed by atoms with Gasteiger partial charge in [0, 0.05) is 24.8 Å². The molecule has 0 spiro atoms. The van der Waals surface area contributed by atoms with Gasteiger partial charge in [0.1, 0.15) is 5.00 Å². The van der Waals surface area contributed by atoms with E-state index in [1.165, 1.54) is 11.5 Å². The number of nitrogens with zero attached hydrogens (tertiary/aromatic N) is 4. The molecule has 6 heteroatoms. The van der Waals surface area contributed by atoms with Crippen molar-refractivity contribution < 1.29 is 0 Å². The number of hydrogen-bond acceptors (Lipinski definition) is 5. The van der Waals surface area contributed by atoms with Crippen molar-refractivity contribution in [1.29, 1.82) is 0 Å². The molecule has 2 aromatic heterocycles. The maximum Gasteiger partial charge on any atom is 0.130 e. The molecule has 14 heavy (non-hydrogen) atoms. The first-order valence-corrected chi connectivity index (χ1v) is 5.06. The Labute approximate surface area is 85.9 Å². The van der Waals surface area contributed by atoms with E-state index in [0.717, 1.165) is 10.7 Å². The molecular formula is C8H11N5S. The van der Waals surface area contributed by atoms with Crippen LogP contribution < -0.4 is 5.32 Å². The fourth-order valence-electron chi connectivity index (χ4n) is 1.33. The molecule has 0 aromatic carbocycles. The van der Waals surface area contributed by atoms with Crippen molar-refractivity contribution >= 4 is 16.5 Å². The molecule has 2 aromatic rings. The Hall–Kier alpha value is -1.43. The number of anilines is 1. The van der Waals surface area contributed by atoms with Crippen molar-refractivity contribution in [3.63, 3.8) is 0 Å². The molecule has 5 nitrogen and oxygen atoms in total. The van der Waals surface area contributed by atoms with Gasteiger partial charge in [-0.3, -0.25) is 4.68 Å². The minimum atomic E-state index is 0.213. The summed E-state index contributed by atoms with van der Waals surface area (Å²) in [5, 5.41) is 12.1. The first-order valence-electron chi connectivity index (χ1n) is 4.29. The summed E-state index contributed by atoms with van der Waals surface area (Å²) in [4.78, 5) is 0. The Kier molecular flexibility index (Phi) is 2.45. The zero-order chi connectivity index (χ0) is 9.97. The van der Waals surface area contributed by atoms with Gasteiger partial charge in [-0.15, -0.1) is 5.10 Å². The summed E-state index contributed by atoms with van der Waals surface area (Å²) in [6.07, 6.45) is 3.51. The third kappa shape index (κ3) is 1.74. The summed E-state index contributed by atoms with van der Waals surface area (Å²) < 4.78 is 5.64. The second-order valence-electron chi connectivity index (χ2n) is 3.03. The molecule has 1 N–H and O–H groups in total. The van der Waals surface area contributed by atoms with E-state index in [0.29, 0.717) is 0 Å². The van der Waals surface area contributed by atoms with Gasteiger partial charge in [-0.25, -0.2) is 0 Å². The van der Waals surface area contributed by atoms with Gasteiger partial charge >= 0.3 is 0 Å². The molecule has 2 rings (SSSR count). The molecule has 2 heterocycles. The van der Waals surface area contributed by atoms with Crippen molar-refractivity contribution in [3.05, 3.63) is 24.2 Å². The van der Waals surface area contributed by atoms with E-state index in [2.05, 4.69) is 26.9 Å². The summed E-state index contributed by atoms with van der Waals surface area (Å²) in [5.41, 5.74) is 1.14. The van der Waals surface area contributed by atoms with Crippen LogP contribution in [0.1, 0.15) is 18.7 Å². The third-order valence-corrected chi connectivity index (χ3v) is 2.62. The van der Waals surface area contributed by atoms with E-state index in [9.17, 15) is 0 Å². The topological polar surface area (TPSA) is 55.6 Å². The number of nitrogens with one attached hydrogen (secondary N) is 1. The zero-order valence-electron chi connectivity index (χ0n) is 8.01. The maximum atomic E-state index is 4.12. The normalized spacial score (nSPS) is 12.7. The van der Waals surface area contributed by atoms with E-state index in [-0.39, 0.29) is 6.04 Å². The van der Waals surface area contributed by atoms with Gasteiger partial charge < -0.3 is 5.32 Å². The lowest BCUT2D eigenvalue weighted by molar-refractivity contribution is 0.676. The first kappa shape index (κ1) is 9.14. The van der Waals surface area contributed by atoms with Gasteiger partial charge in [-0.05, 0) is 13.0 Å². The molecule has 0 saturated carbocycles. The highest BCUT2D eigenvalue weighted by molar-refractivity contribution is 7.09. The van der Waals surface area contributed by atoms with Crippen molar-refractivity contribution in [2.24, 2.45) is 7.05 Å². The van der Waals surface area contributed by atoms with E-state index in [1.807, 2.05) is 17.8 Å². The Morgan fingerprint density at radius 3 is 3.00 bits per heavy atom. The molecule has 0 aliphatic heterocycles. The zero-order valence-corrected chi connectivity index (χ0v) is 8.82. The van der Waals surface area contributed by atoms with Crippen molar-refractivity contribution in [3.8, 4) is 0 Å². The van der Waals surface area contributed by atoms with Gasteiger partial charge in [0.15, 0.2) is 0 Å². The van der Waals surface area contributed by atoms with Crippen LogP contribution in [-0.2, 0) is 7.05 Å². The highest BCUT2D eigenvalue weighted by atomic mass is 32.1. The molecular weight excluding hydrogens is 198 g/mol. The molecule has 1 atom stereocenters. The van der Waals surface area contributed by atoms with Gasteiger partial charge in [0.25, 0.3) is 0 Å². The SMILES string of the molecule is CC(Nc1cnns1)c1ccnn1C. The van der Waals surface area contributed by atoms with E-state index >= 15 is 0 Å². The van der Waals surface area contributed by atoms with Gasteiger partial charge in [-0.2, -0.15) is 5.10 Å². The summed E-state index contributed by atoms with van der Waals surface area (Å²) >= 11 is 1.35. The van der Waals surface area contributed by atoms with Crippen LogP contribution in [0, 0.1) is 0 Å². The molecule has 0 fully saturated rings. The van der Waals surface area contributed by atoms with Gasteiger partial charge in [0.2, 0.25) is 0 Å². The number of aryl methyl sites for hydroxylation is 1. The summed E-state index contributed by atoms with van der Waals surface area (Å²) in [6, 6.07) is 2.20. The third-order valence-electron chi connectivity index (χ3n) is 2.02. The summed E-state index contributed by atoms with van der Waals surface area (Å²) in [5.74, 6) is 0. The lowest BCUT2D eigenvalue weighted by Crippen LogP contribution is -2.10. The molecule has 0 saturated heterocycles. The van der Waals surface area contributed by atoms with Crippen LogP contribution in [0.2, 0.25) is 0 Å². The molecule has 0 aliphatic rings. The minimum absolute atomic E-state index is 0.213. The lowest BCUT2D eigenvalue weighted by atomic mass is 10.2. The maximum absolute atomic E-state index is 4.12. The predicted octanol–water partition coefficient (Wildman–Crippen LogP) is 1.44. The van der Waals surface area contributed by atoms with Crippen molar-refractivity contribution in [2.45, 2.75) is 13.0 Å². The Balaban J connectivity index is 2.10. The number of aromatic nitrogens is 4. The van der Waals surface area contributed by atoms with Gasteiger partial charge in [-0.1, -0.05) is 4.49 Å². The van der Waals surface area contributed by atoms with E-state index in [4.69, 9.17) is 0 Å². The molecule has 1 unspecified atom stereocenters. The molecule has 0 bridgehead atoms. The average molecular weight is 209 g/mol. The van der Waals surface area contributed by atoms with Crippen LogP contribution in [0.4, 0.5) is 5.00 Å². The van der Waals surface area contributed by atoms with E-state index < -0.39 is 0 Å². The van der Waals surface area contributed by atoms with Crippen LogP contribution in [0.15, 0.2) is 18.5 Å². The average Bonchev–Trinajstić information content (AvgIpc) is 2.75. The molecule has 0 amide bonds. The summed E-state index contributed by atoms with van der Waals surface area (Å²) in [7, 11) is 1.93. The number of rotatable bonds is 3. The van der Waals surface area contributed by atoms with Crippen LogP contribution in [0.3, 0.4) is 0 Å². The van der Waals surface area contributed by atoms with Crippen LogP contribution >= 0.6 is 11.5 Å². The second kappa shape index (κ2) is 3.75. The molecule has 74 valence electrons. The Bertz CT molecular complexity index is 394. The highest BCUT2D eigenvalue weighted by Gasteiger charge is 2.09.